The lowest BCUT2D eigenvalue weighted by atomic mass is 10.2. The zero-order chi connectivity index (χ0) is 21.3. The number of hydrogen-bond donors (Lipinski definition) is 1. The molecule has 30 heavy (non-hydrogen) atoms. The number of thioether (sulfide) groups is 2. The summed E-state index contributed by atoms with van der Waals surface area (Å²) in [6, 6.07) is 14.0. The van der Waals surface area contributed by atoms with E-state index in [0.717, 1.165) is 10.1 Å². The summed E-state index contributed by atoms with van der Waals surface area (Å²) < 4.78 is 1.52. The number of hydrogen-bond acceptors (Lipinski definition) is 9. The molecule has 0 aliphatic heterocycles. The largest absolute Gasteiger partial charge is 0.272 e. The molecule has 0 aliphatic rings. The van der Waals surface area contributed by atoms with E-state index in [1.807, 2.05) is 18.2 Å². The van der Waals surface area contributed by atoms with Crippen LogP contribution in [0.2, 0.25) is 5.02 Å². The fourth-order valence-corrected chi connectivity index (χ4v) is 5.04. The van der Waals surface area contributed by atoms with E-state index in [1.54, 1.807) is 11.8 Å². The summed E-state index contributed by atoms with van der Waals surface area (Å²) >= 11 is 10.3. The van der Waals surface area contributed by atoms with Crippen LogP contribution in [0.1, 0.15) is 11.1 Å². The Bertz CT molecular complexity index is 1060. The van der Waals surface area contributed by atoms with Crippen molar-refractivity contribution in [3.05, 3.63) is 74.8 Å². The first-order valence-electron chi connectivity index (χ1n) is 8.40. The SMILES string of the molecule is O=C(CSc1nnc(SCc2ccccc2)s1)NN=Cc1cc([N+](=O)[O-])ccc1Cl. The van der Waals surface area contributed by atoms with E-state index >= 15 is 0 Å². The van der Waals surface area contributed by atoms with Gasteiger partial charge in [0, 0.05) is 28.5 Å². The van der Waals surface area contributed by atoms with Crippen LogP contribution in [-0.2, 0) is 10.5 Å². The minimum Gasteiger partial charge on any atom is -0.272 e. The number of non-ortho nitro benzene ring substituents is 1. The van der Waals surface area contributed by atoms with Gasteiger partial charge in [-0.25, -0.2) is 5.43 Å². The summed E-state index contributed by atoms with van der Waals surface area (Å²) in [7, 11) is 0. The Morgan fingerprint density at radius 2 is 1.93 bits per heavy atom. The number of rotatable bonds is 9. The molecular weight excluding hydrogens is 466 g/mol. The molecule has 1 heterocycles. The molecule has 0 atom stereocenters. The third-order valence-electron chi connectivity index (χ3n) is 3.50. The number of benzene rings is 2. The molecule has 3 aromatic rings. The highest BCUT2D eigenvalue weighted by atomic mass is 35.5. The van der Waals surface area contributed by atoms with Gasteiger partial charge in [-0.2, -0.15) is 5.10 Å². The zero-order valence-electron chi connectivity index (χ0n) is 15.2. The number of amides is 1. The average molecular weight is 480 g/mol. The number of halogens is 1. The van der Waals surface area contributed by atoms with E-state index in [0.29, 0.717) is 14.9 Å². The molecule has 12 heteroatoms. The van der Waals surface area contributed by atoms with Crippen molar-refractivity contribution in [2.75, 3.05) is 5.75 Å². The molecular formula is C18H14ClN5O3S3. The maximum atomic E-state index is 11.9. The van der Waals surface area contributed by atoms with E-state index < -0.39 is 4.92 Å². The first-order valence-corrected chi connectivity index (χ1v) is 11.6. The van der Waals surface area contributed by atoms with Gasteiger partial charge in [0.15, 0.2) is 8.68 Å². The van der Waals surface area contributed by atoms with Gasteiger partial charge in [0.25, 0.3) is 11.6 Å². The van der Waals surface area contributed by atoms with Crippen molar-refractivity contribution < 1.29 is 9.72 Å². The number of nitrogens with zero attached hydrogens (tertiary/aromatic N) is 4. The number of nitro groups is 1. The highest BCUT2D eigenvalue weighted by molar-refractivity contribution is 8.03. The van der Waals surface area contributed by atoms with Crippen LogP contribution in [0.5, 0.6) is 0 Å². The average Bonchev–Trinajstić information content (AvgIpc) is 3.20. The third-order valence-corrected chi connectivity index (χ3v) is 7.11. The Kier molecular flexibility index (Phi) is 8.20. The number of hydrazone groups is 1. The van der Waals surface area contributed by atoms with Crippen LogP contribution in [-0.4, -0.2) is 33.0 Å². The van der Waals surface area contributed by atoms with Crippen LogP contribution >= 0.6 is 46.5 Å². The van der Waals surface area contributed by atoms with Gasteiger partial charge in [-0.05, 0) is 11.6 Å². The van der Waals surface area contributed by atoms with Crippen molar-refractivity contribution in [2.24, 2.45) is 5.10 Å². The van der Waals surface area contributed by atoms with Gasteiger partial charge in [0.1, 0.15) is 0 Å². The van der Waals surface area contributed by atoms with Gasteiger partial charge in [-0.1, -0.05) is 76.8 Å². The summed E-state index contributed by atoms with van der Waals surface area (Å²) in [6.07, 6.45) is 1.27. The summed E-state index contributed by atoms with van der Waals surface area (Å²) in [6.45, 7) is 0. The van der Waals surface area contributed by atoms with Crippen LogP contribution in [0.4, 0.5) is 5.69 Å². The second-order valence-corrected chi connectivity index (χ2v) is 9.48. The number of nitrogens with one attached hydrogen (secondary N) is 1. The van der Waals surface area contributed by atoms with Crippen LogP contribution in [0.25, 0.3) is 0 Å². The minimum atomic E-state index is -0.530. The number of nitro benzene ring substituents is 1. The quantitative estimate of drug-likeness (QED) is 0.206. The smallest absolute Gasteiger partial charge is 0.270 e. The molecule has 0 bridgehead atoms. The Labute approximate surface area is 189 Å². The van der Waals surface area contributed by atoms with Crippen molar-refractivity contribution in [3.8, 4) is 0 Å². The fourth-order valence-electron chi connectivity index (χ4n) is 2.11. The van der Waals surface area contributed by atoms with Gasteiger partial charge in [-0.3, -0.25) is 14.9 Å². The van der Waals surface area contributed by atoms with E-state index in [1.165, 1.54) is 53.1 Å². The molecule has 0 fully saturated rings. The standard InChI is InChI=1S/C18H14ClN5O3S3/c19-15-7-6-14(24(26)27)8-13(15)9-20-21-16(25)11-29-18-23-22-17(30-18)28-10-12-4-2-1-3-5-12/h1-9H,10-11H2,(H,21,25). The maximum Gasteiger partial charge on any atom is 0.270 e. The molecule has 3 rings (SSSR count). The molecule has 1 N–H and O–H groups in total. The van der Waals surface area contributed by atoms with E-state index in [9.17, 15) is 14.9 Å². The van der Waals surface area contributed by atoms with Crippen molar-refractivity contribution in [3.63, 3.8) is 0 Å². The van der Waals surface area contributed by atoms with Crippen LogP contribution in [0, 0.1) is 10.1 Å². The number of carbonyl (C=O) groups is 1. The van der Waals surface area contributed by atoms with Crippen molar-refractivity contribution in [1.29, 1.82) is 0 Å². The van der Waals surface area contributed by atoms with E-state index in [2.05, 4.69) is 32.9 Å². The van der Waals surface area contributed by atoms with Crippen molar-refractivity contribution in [2.45, 2.75) is 14.4 Å². The van der Waals surface area contributed by atoms with Gasteiger partial charge >= 0.3 is 0 Å². The van der Waals surface area contributed by atoms with Gasteiger partial charge < -0.3 is 0 Å². The molecule has 1 aromatic heterocycles. The fraction of sp³-hybridized carbons (Fsp3) is 0.111. The van der Waals surface area contributed by atoms with E-state index in [-0.39, 0.29) is 17.3 Å². The third kappa shape index (κ3) is 6.80. The summed E-state index contributed by atoms with van der Waals surface area (Å²) in [5.74, 6) is 0.569. The normalized spacial score (nSPS) is 11.0. The number of carbonyl (C=O) groups excluding carboxylic acids is 1. The lowest BCUT2D eigenvalue weighted by molar-refractivity contribution is -0.384. The predicted octanol–water partition coefficient (Wildman–Crippen LogP) is 4.63. The maximum absolute atomic E-state index is 11.9. The summed E-state index contributed by atoms with van der Waals surface area (Å²) in [4.78, 5) is 22.2. The monoisotopic (exact) mass is 479 g/mol. The first kappa shape index (κ1) is 22.2. The molecule has 0 radical (unpaired) electrons. The lowest BCUT2D eigenvalue weighted by Gasteiger charge is -1.99. The molecule has 0 saturated carbocycles. The molecule has 0 aliphatic carbocycles. The topological polar surface area (TPSA) is 110 Å². The summed E-state index contributed by atoms with van der Waals surface area (Å²) in [5.41, 5.74) is 3.79. The Hall–Kier alpha value is -2.47. The zero-order valence-corrected chi connectivity index (χ0v) is 18.4. The molecule has 0 spiro atoms. The second kappa shape index (κ2) is 11.1. The first-order chi connectivity index (χ1) is 14.5. The van der Waals surface area contributed by atoms with Crippen LogP contribution in [0.15, 0.2) is 62.3 Å². The van der Waals surface area contributed by atoms with Crippen molar-refractivity contribution >= 4 is 64.3 Å². The van der Waals surface area contributed by atoms with Crippen molar-refractivity contribution in [1.82, 2.24) is 15.6 Å². The molecule has 0 unspecified atom stereocenters. The highest BCUT2D eigenvalue weighted by Crippen LogP contribution is 2.30. The van der Waals surface area contributed by atoms with Gasteiger partial charge in [0.05, 0.1) is 16.9 Å². The minimum absolute atomic E-state index is 0.109. The summed E-state index contributed by atoms with van der Waals surface area (Å²) in [5, 5.41) is 23.1. The Morgan fingerprint density at radius 3 is 2.67 bits per heavy atom. The second-order valence-electron chi connectivity index (χ2n) is 5.65. The molecule has 1 amide bonds. The molecule has 2 aromatic carbocycles. The van der Waals surface area contributed by atoms with Gasteiger partial charge in [-0.15, -0.1) is 10.2 Å². The van der Waals surface area contributed by atoms with Crippen LogP contribution < -0.4 is 5.43 Å². The molecule has 154 valence electrons. The molecule has 0 saturated heterocycles. The van der Waals surface area contributed by atoms with Gasteiger partial charge in [0.2, 0.25) is 0 Å². The lowest BCUT2D eigenvalue weighted by Crippen LogP contribution is -2.19. The number of aromatic nitrogens is 2. The highest BCUT2D eigenvalue weighted by Gasteiger charge is 2.10. The Morgan fingerprint density at radius 1 is 1.20 bits per heavy atom. The van der Waals surface area contributed by atoms with E-state index in [4.69, 9.17) is 11.6 Å². The predicted molar refractivity (Wildman–Crippen MR) is 120 cm³/mol. The molecule has 8 nitrogen and oxygen atoms in total. The Balaban J connectivity index is 1.45. The van der Waals surface area contributed by atoms with Crippen LogP contribution in [0.3, 0.4) is 0 Å².